The Hall–Kier alpha value is -0.830. The second-order valence-corrected chi connectivity index (χ2v) is 5.72. The van der Waals surface area contributed by atoms with E-state index < -0.39 is 0 Å². The fraction of sp³-hybridized carbons (Fsp3) is 0.0769. The Morgan fingerprint density at radius 2 is 1.82 bits per heavy atom. The average Bonchev–Trinajstić information content (AvgIpc) is 2.22. The molecule has 0 saturated heterocycles. The van der Waals surface area contributed by atoms with Crippen LogP contribution in [0.5, 0.6) is 0 Å². The van der Waals surface area contributed by atoms with Crippen molar-refractivity contribution in [1.29, 1.82) is 0 Å². The van der Waals surface area contributed by atoms with E-state index in [0.29, 0.717) is 10.0 Å². The van der Waals surface area contributed by atoms with Gasteiger partial charge >= 0.3 is 0 Å². The molecule has 4 heteroatoms. The van der Waals surface area contributed by atoms with Gasteiger partial charge in [-0.25, -0.2) is 0 Å². The maximum Gasteiger partial charge on any atom is 0.0546 e. The Morgan fingerprint density at radius 3 is 2.53 bits per heavy atom. The Balaban J connectivity index is 2.34. The van der Waals surface area contributed by atoms with Crippen LogP contribution in [0, 0.1) is 6.92 Å². The van der Waals surface area contributed by atoms with Crippen LogP contribution in [0.2, 0.25) is 10.0 Å². The van der Waals surface area contributed by atoms with Gasteiger partial charge in [-0.3, -0.25) is 0 Å². The lowest BCUT2D eigenvalue weighted by atomic mass is 10.2. The molecule has 0 spiro atoms. The summed E-state index contributed by atoms with van der Waals surface area (Å²) in [6, 6.07) is 11.4. The molecule has 0 heterocycles. The Kier molecular flexibility index (Phi) is 3.87. The molecule has 2 N–H and O–H groups in total. The van der Waals surface area contributed by atoms with Gasteiger partial charge in [0.2, 0.25) is 0 Å². The van der Waals surface area contributed by atoms with Gasteiger partial charge in [0.25, 0.3) is 0 Å². The maximum atomic E-state index is 6.11. The lowest BCUT2D eigenvalue weighted by molar-refractivity contribution is 1.35. The summed E-state index contributed by atoms with van der Waals surface area (Å²) in [5.74, 6) is 0. The van der Waals surface area contributed by atoms with E-state index in [9.17, 15) is 0 Å². The van der Waals surface area contributed by atoms with Crippen molar-refractivity contribution in [3.8, 4) is 0 Å². The molecule has 0 saturated carbocycles. The van der Waals surface area contributed by atoms with E-state index in [0.717, 1.165) is 21.0 Å². The molecule has 0 aliphatic rings. The van der Waals surface area contributed by atoms with E-state index in [1.807, 2.05) is 25.1 Å². The van der Waals surface area contributed by atoms with Gasteiger partial charge in [0.05, 0.1) is 5.02 Å². The van der Waals surface area contributed by atoms with Crippen LogP contribution in [-0.2, 0) is 0 Å². The van der Waals surface area contributed by atoms with Crippen LogP contribution in [0.4, 0.5) is 5.69 Å². The van der Waals surface area contributed by atoms with Crippen molar-refractivity contribution in [2.45, 2.75) is 16.7 Å². The number of benzene rings is 2. The zero-order valence-corrected chi connectivity index (χ0v) is 11.5. The van der Waals surface area contributed by atoms with E-state index >= 15 is 0 Å². The molecular formula is C13H11Cl2NS. The third kappa shape index (κ3) is 3.32. The number of hydrogen-bond acceptors (Lipinski definition) is 2. The molecule has 0 bridgehead atoms. The Bertz CT molecular complexity index is 535. The summed E-state index contributed by atoms with van der Waals surface area (Å²) < 4.78 is 0. The van der Waals surface area contributed by atoms with Crippen LogP contribution in [0.15, 0.2) is 46.2 Å². The van der Waals surface area contributed by atoms with Gasteiger partial charge in [-0.15, -0.1) is 0 Å². The summed E-state index contributed by atoms with van der Waals surface area (Å²) >= 11 is 13.6. The zero-order chi connectivity index (χ0) is 12.4. The average molecular weight is 284 g/mol. The third-order valence-corrected chi connectivity index (χ3v) is 3.90. The van der Waals surface area contributed by atoms with Crippen molar-refractivity contribution in [2.75, 3.05) is 5.73 Å². The number of halogens is 2. The molecule has 2 aromatic carbocycles. The molecule has 0 amide bonds. The minimum atomic E-state index is 0.678. The SMILES string of the molecule is Cc1cc(N)cc(Sc2cc(Cl)ccc2Cl)c1. The molecule has 0 fully saturated rings. The summed E-state index contributed by atoms with van der Waals surface area (Å²) in [5, 5.41) is 1.37. The highest BCUT2D eigenvalue weighted by molar-refractivity contribution is 7.99. The smallest absolute Gasteiger partial charge is 0.0546 e. The number of nitrogen functional groups attached to an aromatic ring is 1. The van der Waals surface area contributed by atoms with Crippen molar-refractivity contribution in [3.05, 3.63) is 52.0 Å². The molecule has 1 nitrogen and oxygen atoms in total. The van der Waals surface area contributed by atoms with Crippen LogP contribution in [-0.4, -0.2) is 0 Å². The minimum Gasteiger partial charge on any atom is -0.399 e. The maximum absolute atomic E-state index is 6.11. The molecule has 0 aliphatic heterocycles. The van der Waals surface area contributed by atoms with Gasteiger partial charge in [0, 0.05) is 20.5 Å². The second-order valence-electron chi connectivity index (χ2n) is 3.76. The zero-order valence-electron chi connectivity index (χ0n) is 9.21. The lowest BCUT2D eigenvalue weighted by Crippen LogP contribution is -1.86. The van der Waals surface area contributed by atoms with Crippen LogP contribution in [0.25, 0.3) is 0 Å². The Labute approximate surface area is 115 Å². The summed E-state index contributed by atoms with van der Waals surface area (Å²) in [7, 11) is 0. The first-order valence-corrected chi connectivity index (χ1v) is 6.62. The Morgan fingerprint density at radius 1 is 1.06 bits per heavy atom. The van der Waals surface area contributed by atoms with Gasteiger partial charge in [-0.1, -0.05) is 35.0 Å². The number of nitrogens with two attached hydrogens (primary N) is 1. The first kappa shape index (κ1) is 12.6. The number of anilines is 1. The molecule has 0 atom stereocenters. The van der Waals surface area contributed by atoms with Crippen LogP contribution in [0.1, 0.15) is 5.56 Å². The second kappa shape index (κ2) is 5.21. The highest BCUT2D eigenvalue weighted by Crippen LogP contribution is 2.36. The van der Waals surface area contributed by atoms with Gasteiger partial charge in [0.15, 0.2) is 0 Å². The van der Waals surface area contributed by atoms with Gasteiger partial charge < -0.3 is 5.73 Å². The summed E-state index contributed by atoms with van der Waals surface area (Å²) in [5.41, 5.74) is 7.69. The monoisotopic (exact) mass is 283 g/mol. The predicted molar refractivity (Wildman–Crippen MR) is 76.2 cm³/mol. The summed E-state index contributed by atoms with van der Waals surface area (Å²) in [6.07, 6.45) is 0. The fourth-order valence-corrected chi connectivity index (χ4v) is 3.03. The summed E-state index contributed by atoms with van der Waals surface area (Å²) in [6.45, 7) is 2.01. The minimum absolute atomic E-state index is 0.678. The van der Waals surface area contributed by atoms with E-state index in [4.69, 9.17) is 28.9 Å². The topological polar surface area (TPSA) is 26.0 Å². The molecule has 17 heavy (non-hydrogen) atoms. The van der Waals surface area contributed by atoms with Crippen LogP contribution in [0.3, 0.4) is 0 Å². The third-order valence-electron chi connectivity index (χ3n) is 2.19. The predicted octanol–water partition coefficient (Wildman–Crippen LogP) is 5.04. The van der Waals surface area contributed by atoms with Crippen molar-refractivity contribution < 1.29 is 0 Å². The number of aryl methyl sites for hydroxylation is 1. The van der Waals surface area contributed by atoms with Gasteiger partial charge in [-0.05, 0) is 48.9 Å². The lowest BCUT2D eigenvalue weighted by Gasteiger charge is -2.06. The van der Waals surface area contributed by atoms with E-state index in [2.05, 4.69) is 6.07 Å². The van der Waals surface area contributed by atoms with Crippen molar-refractivity contribution in [2.24, 2.45) is 0 Å². The van der Waals surface area contributed by atoms with E-state index in [1.54, 1.807) is 23.9 Å². The van der Waals surface area contributed by atoms with E-state index in [-0.39, 0.29) is 0 Å². The highest BCUT2D eigenvalue weighted by atomic mass is 35.5. The first-order valence-electron chi connectivity index (χ1n) is 5.04. The van der Waals surface area contributed by atoms with Crippen LogP contribution < -0.4 is 5.73 Å². The molecule has 2 rings (SSSR count). The van der Waals surface area contributed by atoms with E-state index in [1.165, 1.54) is 0 Å². The number of rotatable bonds is 2. The first-order chi connectivity index (χ1) is 8.04. The standard InChI is InChI=1S/C13H11Cl2NS/c1-8-4-10(16)7-11(5-8)17-13-6-9(14)2-3-12(13)15/h2-7H,16H2,1H3. The quantitative estimate of drug-likeness (QED) is 0.782. The molecule has 0 aromatic heterocycles. The van der Waals surface area contributed by atoms with Crippen molar-refractivity contribution in [1.82, 2.24) is 0 Å². The summed E-state index contributed by atoms with van der Waals surface area (Å²) in [4.78, 5) is 2.00. The molecule has 0 unspecified atom stereocenters. The fourth-order valence-electron chi connectivity index (χ4n) is 1.52. The highest BCUT2D eigenvalue weighted by Gasteiger charge is 2.05. The largest absolute Gasteiger partial charge is 0.399 e. The number of hydrogen-bond donors (Lipinski definition) is 1. The van der Waals surface area contributed by atoms with Gasteiger partial charge in [-0.2, -0.15) is 0 Å². The normalized spacial score (nSPS) is 10.5. The van der Waals surface area contributed by atoms with Gasteiger partial charge in [0.1, 0.15) is 0 Å². The van der Waals surface area contributed by atoms with Crippen LogP contribution >= 0.6 is 35.0 Å². The molecule has 0 radical (unpaired) electrons. The van der Waals surface area contributed by atoms with Crippen molar-refractivity contribution in [3.63, 3.8) is 0 Å². The van der Waals surface area contributed by atoms with Crippen molar-refractivity contribution >= 4 is 40.7 Å². The molecule has 2 aromatic rings. The molecular weight excluding hydrogens is 273 g/mol. The molecule has 0 aliphatic carbocycles. The molecule has 88 valence electrons.